The minimum Gasteiger partial charge on any atom is -0.378 e. The van der Waals surface area contributed by atoms with Gasteiger partial charge < -0.3 is 4.74 Å². The average Bonchev–Trinajstić information content (AvgIpc) is 2.86. The molecule has 0 N–H and O–H groups in total. The molecule has 2 fully saturated rings. The van der Waals surface area contributed by atoms with E-state index < -0.39 is 10.0 Å². The fourth-order valence-electron chi connectivity index (χ4n) is 1.75. The second-order valence-electron chi connectivity index (χ2n) is 3.57. The molecule has 76 valence electrons. The van der Waals surface area contributed by atoms with Gasteiger partial charge in [-0.25, -0.2) is 8.42 Å². The first kappa shape index (κ1) is 9.89. The zero-order valence-electron chi connectivity index (χ0n) is 7.20. The van der Waals surface area contributed by atoms with Crippen molar-refractivity contribution in [3.8, 4) is 0 Å². The number of rotatable bonds is 2. The van der Waals surface area contributed by atoms with Crippen LogP contribution in [0, 0.1) is 0 Å². The maximum absolute atomic E-state index is 11.6. The fourth-order valence-corrected chi connectivity index (χ4v) is 3.79. The summed E-state index contributed by atoms with van der Waals surface area (Å²) >= 11 is 3.02. The Morgan fingerprint density at radius 3 is 2.69 bits per heavy atom. The maximum Gasteiger partial charge on any atom is 0.224 e. The molecular formula is C7H12BrNO3S. The number of morpholine rings is 1. The van der Waals surface area contributed by atoms with E-state index in [0.717, 1.165) is 12.8 Å². The zero-order valence-corrected chi connectivity index (χ0v) is 9.60. The lowest BCUT2D eigenvalue weighted by Gasteiger charge is -2.34. The second kappa shape index (κ2) is 3.18. The van der Waals surface area contributed by atoms with Gasteiger partial charge in [-0.2, -0.15) is 4.31 Å². The third-order valence-electron chi connectivity index (χ3n) is 2.64. The molecule has 0 unspecified atom stereocenters. The maximum atomic E-state index is 11.6. The summed E-state index contributed by atoms with van der Waals surface area (Å²) in [5, 5.41) is 0. The van der Waals surface area contributed by atoms with Crippen LogP contribution in [0.5, 0.6) is 0 Å². The van der Waals surface area contributed by atoms with Gasteiger partial charge in [0.25, 0.3) is 0 Å². The monoisotopic (exact) mass is 269 g/mol. The molecule has 1 heterocycles. The topological polar surface area (TPSA) is 46.6 Å². The van der Waals surface area contributed by atoms with Crippen molar-refractivity contribution < 1.29 is 13.2 Å². The van der Waals surface area contributed by atoms with E-state index in [-0.39, 0.29) is 10.2 Å². The summed E-state index contributed by atoms with van der Waals surface area (Å²) in [5.41, 5.74) is -0.176. The minimum atomic E-state index is -3.10. The van der Waals surface area contributed by atoms with Gasteiger partial charge >= 0.3 is 0 Å². The van der Waals surface area contributed by atoms with Crippen molar-refractivity contribution in [3.63, 3.8) is 0 Å². The number of halogens is 1. The van der Waals surface area contributed by atoms with Crippen molar-refractivity contribution in [2.75, 3.05) is 24.4 Å². The Morgan fingerprint density at radius 2 is 2.15 bits per heavy atom. The summed E-state index contributed by atoms with van der Waals surface area (Å²) in [6.45, 7) is 1.60. The molecule has 0 atom stereocenters. The number of hydrogen-bond donors (Lipinski definition) is 0. The van der Waals surface area contributed by atoms with Crippen molar-refractivity contribution in [1.82, 2.24) is 4.31 Å². The van der Waals surface area contributed by atoms with Gasteiger partial charge in [-0.1, -0.05) is 15.9 Å². The molecule has 4 nitrogen and oxygen atoms in total. The highest BCUT2D eigenvalue weighted by atomic mass is 79.9. The molecule has 1 saturated carbocycles. The molecule has 0 aromatic rings. The van der Waals surface area contributed by atoms with Crippen LogP contribution in [0.15, 0.2) is 0 Å². The second-order valence-corrected chi connectivity index (χ2v) is 6.77. The molecule has 1 aliphatic heterocycles. The molecule has 0 aromatic carbocycles. The molecule has 0 bridgehead atoms. The molecule has 2 rings (SSSR count). The molecule has 2 aliphatic rings. The van der Waals surface area contributed by atoms with Crippen LogP contribution in [-0.4, -0.2) is 42.7 Å². The fraction of sp³-hybridized carbons (Fsp3) is 1.00. The van der Waals surface area contributed by atoms with Gasteiger partial charge in [0.15, 0.2) is 0 Å². The molecule has 0 amide bonds. The van der Waals surface area contributed by atoms with E-state index in [1.54, 1.807) is 4.31 Å². The molecular weight excluding hydrogens is 258 g/mol. The first-order valence-electron chi connectivity index (χ1n) is 4.25. The van der Waals surface area contributed by atoms with E-state index in [1.807, 2.05) is 0 Å². The van der Waals surface area contributed by atoms with Gasteiger partial charge in [0.2, 0.25) is 10.0 Å². The standard InChI is InChI=1S/C7H12BrNO3S/c8-6-13(10,11)9-3-4-12-5-7(9)1-2-7/h1-6H2. The highest BCUT2D eigenvalue weighted by molar-refractivity contribution is 9.10. The summed E-state index contributed by atoms with van der Waals surface area (Å²) < 4.78 is 30.2. The number of nitrogens with zero attached hydrogens (tertiary/aromatic N) is 1. The van der Waals surface area contributed by atoms with E-state index in [4.69, 9.17) is 4.74 Å². The summed E-state index contributed by atoms with van der Waals surface area (Å²) in [6.07, 6.45) is 1.89. The summed E-state index contributed by atoms with van der Waals surface area (Å²) in [4.78, 5) is 0. The highest BCUT2D eigenvalue weighted by Crippen LogP contribution is 2.45. The molecule has 1 spiro atoms. The first-order chi connectivity index (χ1) is 6.11. The summed E-state index contributed by atoms with van der Waals surface area (Å²) in [6, 6.07) is 0. The van der Waals surface area contributed by atoms with Gasteiger partial charge in [0.05, 0.1) is 18.8 Å². The van der Waals surface area contributed by atoms with Crippen LogP contribution in [0.3, 0.4) is 0 Å². The SMILES string of the molecule is O=S(=O)(CBr)N1CCOCC12CC2. The lowest BCUT2D eigenvalue weighted by Crippen LogP contribution is -2.50. The van der Waals surface area contributed by atoms with Gasteiger partial charge in [-0.3, -0.25) is 0 Å². The van der Waals surface area contributed by atoms with Crippen molar-refractivity contribution in [2.24, 2.45) is 0 Å². The summed E-state index contributed by atoms with van der Waals surface area (Å²) in [5.74, 6) is 0. The smallest absolute Gasteiger partial charge is 0.224 e. The third-order valence-corrected chi connectivity index (χ3v) is 5.89. The lowest BCUT2D eigenvalue weighted by atomic mass is 10.2. The van der Waals surface area contributed by atoms with Crippen molar-refractivity contribution in [2.45, 2.75) is 18.4 Å². The van der Waals surface area contributed by atoms with Crippen LogP contribution < -0.4 is 0 Å². The van der Waals surface area contributed by atoms with Crippen LogP contribution in [0.4, 0.5) is 0 Å². The normalized spacial score (nSPS) is 27.8. The van der Waals surface area contributed by atoms with Gasteiger partial charge in [-0.15, -0.1) is 0 Å². The average molecular weight is 270 g/mol. The van der Waals surface area contributed by atoms with Crippen LogP contribution >= 0.6 is 15.9 Å². The van der Waals surface area contributed by atoms with Crippen molar-refractivity contribution >= 4 is 26.0 Å². The van der Waals surface area contributed by atoms with Crippen molar-refractivity contribution in [3.05, 3.63) is 0 Å². The van der Waals surface area contributed by atoms with E-state index >= 15 is 0 Å². The minimum absolute atomic E-state index is 0.0156. The van der Waals surface area contributed by atoms with Crippen LogP contribution in [-0.2, 0) is 14.8 Å². The Bertz CT molecular complexity index is 299. The molecule has 6 heteroatoms. The Hall–Kier alpha value is 0.350. The van der Waals surface area contributed by atoms with Crippen LogP contribution in [0.2, 0.25) is 0 Å². The Labute approximate surface area is 86.4 Å². The number of ether oxygens (including phenoxy) is 1. The molecule has 0 aromatic heterocycles. The Balaban J connectivity index is 2.22. The molecule has 0 radical (unpaired) electrons. The third kappa shape index (κ3) is 1.65. The highest BCUT2D eigenvalue weighted by Gasteiger charge is 2.54. The predicted molar refractivity (Wildman–Crippen MR) is 52.2 cm³/mol. The number of alkyl halides is 1. The van der Waals surface area contributed by atoms with E-state index in [0.29, 0.717) is 19.8 Å². The number of hydrogen-bond acceptors (Lipinski definition) is 3. The predicted octanol–water partition coefficient (Wildman–Crippen LogP) is 0.533. The van der Waals surface area contributed by atoms with E-state index in [1.165, 1.54) is 0 Å². The Morgan fingerprint density at radius 1 is 1.46 bits per heavy atom. The van der Waals surface area contributed by atoms with Gasteiger partial charge in [0.1, 0.15) is 4.66 Å². The van der Waals surface area contributed by atoms with Crippen molar-refractivity contribution in [1.29, 1.82) is 0 Å². The van der Waals surface area contributed by atoms with Crippen LogP contribution in [0.1, 0.15) is 12.8 Å². The quantitative estimate of drug-likeness (QED) is 0.688. The largest absolute Gasteiger partial charge is 0.378 e. The first-order valence-corrected chi connectivity index (χ1v) is 6.98. The van der Waals surface area contributed by atoms with Crippen LogP contribution in [0.25, 0.3) is 0 Å². The summed E-state index contributed by atoms with van der Waals surface area (Å²) in [7, 11) is -3.10. The zero-order chi connectivity index (χ0) is 9.53. The van der Waals surface area contributed by atoms with Gasteiger partial charge in [-0.05, 0) is 12.8 Å². The van der Waals surface area contributed by atoms with Gasteiger partial charge in [0, 0.05) is 6.54 Å². The Kier molecular flexibility index (Phi) is 2.42. The molecule has 13 heavy (non-hydrogen) atoms. The lowest BCUT2D eigenvalue weighted by molar-refractivity contribution is 0.0217. The molecule has 1 saturated heterocycles. The van der Waals surface area contributed by atoms with E-state index in [9.17, 15) is 8.42 Å². The van der Waals surface area contributed by atoms with E-state index in [2.05, 4.69) is 15.9 Å². The number of sulfonamides is 1. The molecule has 1 aliphatic carbocycles.